The average molecular weight is 207 g/mol. The molecule has 78 valence electrons. The van der Waals surface area contributed by atoms with Gasteiger partial charge in [0.25, 0.3) is 10.2 Å². The fraction of sp³-hybridized carbons (Fsp3) is 1.00. The molecule has 6 heteroatoms. The van der Waals surface area contributed by atoms with Gasteiger partial charge in [-0.2, -0.15) is 8.42 Å². The fourth-order valence-electron chi connectivity index (χ4n) is 1.59. The van der Waals surface area contributed by atoms with Crippen molar-refractivity contribution in [3.63, 3.8) is 0 Å². The van der Waals surface area contributed by atoms with Crippen molar-refractivity contribution < 1.29 is 8.42 Å². The van der Waals surface area contributed by atoms with E-state index in [2.05, 4.69) is 17.0 Å². The standard InChI is InChI=1S/C7H17N3O2S/c1-6-2-3-9-7(4-6)5-10-13(8,11)12/h6-7,9-10H,2-5H2,1H3,(H2,8,11,12). The van der Waals surface area contributed by atoms with Crippen LogP contribution in [0.5, 0.6) is 0 Å². The number of hydrogen-bond acceptors (Lipinski definition) is 3. The fourth-order valence-corrected chi connectivity index (χ4v) is 2.03. The normalized spacial score (nSPS) is 30.3. The highest BCUT2D eigenvalue weighted by molar-refractivity contribution is 7.87. The maximum Gasteiger partial charge on any atom is 0.274 e. The molecule has 0 saturated carbocycles. The number of nitrogens with two attached hydrogens (primary N) is 1. The first-order valence-electron chi connectivity index (χ1n) is 4.48. The highest BCUT2D eigenvalue weighted by Crippen LogP contribution is 2.14. The van der Waals surface area contributed by atoms with Gasteiger partial charge in [-0.25, -0.2) is 9.86 Å². The molecule has 0 radical (unpaired) electrons. The molecule has 0 bridgehead atoms. The molecule has 1 fully saturated rings. The first-order valence-corrected chi connectivity index (χ1v) is 6.03. The van der Waals surface area contributed by atoms with E-state index in [4.69, 9.17) is 5.14 Å². The summed E-state index contributed by atoms with van der Waals surface area (Å²) in [4.78, 5) is 0. The molecule has 0 amide bonds. The van der Waals surface area contributed by atoms with Gasteiger partial charge < -0.3 is 5.32 Å². The SMILES string of the molecule is CC1CCNC(CNS(N)(=O)=O)C1. The van der Waals surface area contributed by atoms with Gasteiger partial charge in [0.1, 0.15) is 0 Å². The zero-order valence-electron chi connectivity index (χ0n) is 7.79. The van der Waals surface area contributed by atoms with Crippen molar-refractivity contribution in [1.29, 1.82) is 0 Å². The van der Waals surface area contributed by atoms with Gasteiger partial charge in [0, 0.05) is 12.6 Å². The minimum absolute atomic E-state index is 0.224. The largest absolute Gasteiger partial charge is 0.313 e. The smallest absolute Gasteiger partial charge is 0.274 e. The van der Waals surface area contributed by atoms with Crippen LogP contribution in [0, 0.1) is 5.92 Å². The van der Waals surface area contributed by atoms with Crippen LogP contribution in [0.25, 0.3) is 0 Å². The second kappa shape index (κ2) is 4.36. The highest BCUT2D eigenvalue weighted by atomic mass is 32.2. The van der Waals surface area contributed by atoms with E-state index in [9.17, 15) is 8.42 Å². The van der Waals surface area contributed by atoms with Gasteiger partial charge in [-0.15, -0.1) is 0 Å². The summed E-state index contributed by atoms with van der Waals surface area (Å²) in [6.45, 7) is 3.52. The lowest BCUT2D eigenvalue weighted by Crippen LogP contribution is -2.46. The topological polar surface area (TPSA) is 84.2 Å². The molecule has 0 aromatic heterocycles. The van der Waals surface area contributed by atoms with E-state index in [0.717, 1.165) is 19.4 Å². The van der Waals surface area contributed by atoms with E-state index >= 15 is 0 Å². The summed E-state index contributed by atoms with van der Waals surface area (Å²) < 4.78 is 23.5. The molecule has 1 aliphatic rings. The molecule has 0 spiro atoms. The van der Waals surface area contributed by atoms with E-state index < -0.39 is 10.2 Å². The van der Waals surface area contributed by atoms with Gasteiger partial charge in [-0.05, 0) is 25.3 Å². The van der Waals surface area contributed by atoms with Crippen LogP contribution in [0.3, 0.4) is 0 Å². The van der Waals surface area contributed by atoms with E-state index in [0.29, 0.717) is 12.5 Å². The second-order valence-corrected chi connectivity index (χ2v) is 5.05. The number of rotatable bonds is 3. The third-order valence-electron chi connectivity index (χ3n) is 2.29. The van der Waals surface area contributed by atoms with E-state index in [1.807, 2.05) is 0 Å². The lowest BCUT2D eigenvalue weighted by atomic mass is 9.94. The molecule has 0 aromatic rings. The van der Waals surface area contributed by atoms with Crippen molar-refractivity contribution in [2.75, 3.05) is 13.1 Å². The predicted octanol–water partition coefficient (Wildman–Crippen LogP) is -0.832. The first-order chi connectivity index (χ1) is 5.97. The molecular formula is C7H17N3O2S. The van der Waals surface area contributed by atoms with E-state index in [1.54, 1.807) is 0 Å². The summed E-state index contributed by atoms with van der Waals surface area (Å²) in [5.41, 5.74) is 0. The van der Waals surface area contributed by atoms with Crippen LogP contribution < -0.4 is 15.2 Å². The Labute approximate surface area is 79.3 Å². The monoisotopic (exact) mass is 207 g/mol. The lowest BCUT2D eigenvalue weighted by molar-refractivity contribution is 0.319. The maximum atomic E-state index is 10.6. The van der Waals surface area contributed by atoms with Crippen LogP contribution in [0.4, 0.5) is 0 Å². The van der Waals surface area contributed by atoms with Crippen molar-refractivity contribution in [3.8, 4) is 0 Å². The van der Waals surface area contributed by atoms with Crippen molar-refractivity contribution in [2.45, 2.75) is 25.8 Å². The highest BCUT2D eigenvalue weighted by Gasteiger charge is 2.18. The zero-order valence-corrected chi connectivity index (χ0v) is 8.60. The van der Waals surface area contributed by atoms with E-state index in [1.165, 1.54) is 0 Å². The Morgan fingerprint density at radius 2 is 2.31 bits per heavy atom. The molecule has 13 heavy (non-hydrogen) atoms. The van der Waals surface area contributed by atoms with Gasteiger partial charge in [-0.1, -0.05) is 6.92 Å². The van der Waals surface area contributed by atoms with Crippen LogP contribution >= 0.6 is 0 Å². The first kappa shape index (κ1) is 10.9. The summed E-state index contributed by atoms with van der Waals surface area (Å²) in [7, 11) is -3.53. The van der Waals surface area contributed by atoms with Gasteiger partial charge in [0.05, 0.1) is 0 Å². The summed E-state index contributed by atoms with van der Waals surface area (Å²) in [5.74, 6) is 0.661. The Morgan fingerprint density at radius 1 is 1.62 bits per heavy atom. The van der Waals surface area contributed by atoms with Gasteiger partial charge in [-0.3, -0.25) is 0 Å². The van der Waals surface area contributed by atoms with Crippen LogP contribution in [0.15, 0.2) is 0 Å². The van der Waals surface area contributed by atoms with E-state index in [-0.39, 0.29) is 6.04 Å². The van der Waals surface area contributed by atoms with Crippen LogP contribution in [-0.2, 0) is 10.2 Å². The average Bonchev–Trinajstić information content (AvgIpc) is 2.00. The molecule has 4 N–H and O–H groups in total. The third-order valence-corrected chi connectivity index (χ3v) is 2.86. The van der Waals surface area contributed by atoms with Crippen molar-refractivity contribution in [3.05, 3.63) is 0 Å². The number of nitrogens with one attached hydrogen (secondary N) is 2. The van der Waals surface area contributed by atoms with Crippen molar-refractivity contribution in [2.24, 2.45) is 11.1 Å². The minimum atomic E-state index is -3.53. The summed E-state index contributed by atoms with van der Waals surface area (Å²) in [5, 5.41) is 8.06. The third kappa shape index (κ3) is 4.56. The van der Waals surface area contributed by atoms with Gasteiger partial charge in [0.15, 0.2) is 0 Å². The molecule has 1 aliphatic heterocycles. The molecule has 5 nitrogen and oxygen atoms in total. The minimum Gasteiger partial charge on any atom is -0.313 e. The van der Waals surface area contributed by atoms with Crippen LogP contribution in [0.2, 0.25) is 0 Å². The summed E-state index contributed by atoms with van der Waals surface area (Å²) in [6, 6.07) is 0.224. The Kier molecular flexibility index (Phi) is 3.66. The quantitative estimate of drug-likeness (QED) is 0.564. The number of piperidine rings is 1. The molecular weight excluding hydrogens is 190 g/mol. The summed E-state index contributed by atoms with van der Waals surface area (Å²) in [6.07, 6.45) is 2.16. The molecule has 0 aromatic carbocycles. The Hall–Kier alpha value is -0.170. The maximum absolute atomic E-state index is 10.6. The zero-order chi connectivity index (χ0) is 9.90. The second-order valence-electron chi connectivity index (χ2n) is 3.67. The van der Waals surface area contributed by atoms with Crippen molar-refractivity contribution >= 4 is 10.2 Å². The molecule has 1 rings (SSSR count). The summed E-state index contributed by atoms with van der Waals surface area (Å²) >= 11 is 0. The number of hydrogen-bond donors (Lipinski definition) is 3. The lowest BCUT2D eigenvalue weighted by Gasteiger charge is -2.27. The molecule has 2 unspecified atom stereocenters. The van der Waals surface area contributed by atoms with Crippen LogP contribution in [0.1, 0.15) is 19.8 Å². The Balaban J connectivity index is 2.29. The molecule has 0 aliphatic carbocycles. The van der Waals surface area contributed by atoms with Crippen molar-refractivity contribution in [1.82, 2.24) is 10.0 Å². The molecule has 1 heterocycles. The van der Waals surface area contributed by atoms with Gasteiger partial charge in [0.2, 0.25) is 0 Å². The molecule has 2 atom stereocenters. The Bertz CT molecular complexity index is 252. The Morgan fingerprint density at radius 3 is 2.85 bits per heavy atom. The molecule has 1 saturated heterocycles. The van der Waals surface area contributed by atoms with Gasteiger partial charge >= 0.3 is 0 Å². The predicted molar refractivity (Wildman–Crippen MR) is 51.3 cm³/mol. The van der Waals surface area contributed by atoms with Crippen LogP contribution in [-0.4, -0.2) is 27.5 Å².